The van der Waals surface area contributed by atoms with Crippen LogP contribution in [0.15, 0.2) is 24.3 Å². The van der Waals surface area contributed by atoms with Gasteiger partial charge in [-0.15, -0.1) is 5.10 Å². The van der Waals surface area contributed by atoms with Crippen LogP contribution in [0.2, 0.25) is 0 Å². The molecule has 20 heavy (non-hydrogen) atoms. The van der Waals surface area contributed by atoms with Crippen molar-refractivity contribution in [1.29, 1.82) is 0 Å². The molecule has 0 bridgehead atoms. The van der Waals surface area contributed by atoms with Gasteiger partial charge in [-0.05, 0) is 26.0 Å². The number of benzene rings is 2. The van der Waals surface area contributed by atoms with Gasteiger partial charge in [0.2, 0.25) is 0 Å². The van der Waals surface area contributed by atoms with E-state index in [2.05, 4.69) is 53.8 Å². The fraction of sp³-hybridized carbons (Fsp3) is 0.143. The van der Waals surface area contributed by atoms with Crippen molar-refractivity contribution in [3.05, 3.63) is 35.4 Å². The highest BCUT2D eigenvalue weighted by Crippen LogP contribution is 2.14. The van der Waals surface area contributed by atoms with Crippen LogP contribution in [-0.4, -0.2) is 38.5 Å². The van der Waals surface area contributed by atoms with E-state index in [9.17, 15) is 0 Å². The zero-order chi connectivity index (χ0) is 14.4. The van der Waals surface area contributed by atoms with Gasteiger partial charge in [-0.3, -0.25) is 0 Å². The summed E-state index contributed by atoms with van der Waals surface area (Å²) in [5, 5.41) is 8.64. The van der Waals surface area contributed by atoms with Crippen LogP contribution in [0, 0.1) is 13.8 Å². The highest BCUT2D eigenvalue weighted by Gasteiger charge is 2.15. The number of para-hydroxylation sites is 1. The number of aromatic nitrogens is 3. The number of fused-ring (bicyclic) bond motifs is 1. The number of rotatable bonds is 1. The first-order valence-electron chi connectivity index (χ1n) is 6.90. The molecule has 0 saturated carbocycles. The van der Waals surface area contributed by atoms with Gasteiger partial charge >= 0.3 is 0 Å². The fourth-order valence-corrected chi connectivity index (χ4v) is 2.83. The summed E-state index contributed by atoms with van der Waals surface area (Å²) in [5.41, 5.74) is 9.75. The molecule has 0 fully saturated rings. The minimum atomic E-state index is 0.933. The third kappa shape index (κ3) is 1.71. The molecule has 0 aliphatic carbocycles. The van der Waals surface area contributed by atoms with Crippen molar-refractivity contribution in [2.75, 3.05) is 0 Å². The molecule has 0 spiro atoms. The first-order chi connectivity index (χ1) is 9.52. The van der Waals surface area contributed by atoms with Crippen LogP contribution in [-0.2, 0) is 0 Å². The van der Waals surface area contributed by atoms with Gasteiger partial charge in [-0.25, -0.2) is 4.68 Å². The molecule has 0 aliphatic heterocycles. The lowest BCUT2D eigenvalue weighted by molar-refractivity contribution is 0.830. The number of hydrogen-bond donors (Lipinski definition) is 0. The Morgan fingerprint density at radius 2 is 1.55 bits per heavy atom. The largest absolute Gasteiger partial charge is 0.214 e. The lowest BCUT2D eigenvalue weighted by atomic mass is 9.70. The van der Waals surface area contributed by atoms with Gasteiger partial charge in [0.15, 0.2) is 0 Å². The Bertz CT molecular complexity index is 795. The van der Waals surface area contributed by atoms with Crippen LogP contribution < -0.4 is 16.4 Å². The molecule has 6 heteroatoms. The molecular weight excluding hydrogens is 243 g/mol. The molecule has 1 aromatic heterocycles. The normalized spacial score (nSPS) is 11.1. The Morgan fingerprint density at radius 3 is 2.30 bits per heavy atom. The van der Waals surface area contributed by atoms with Crippen LogP contribution >= 0.6 is 0 Å². The predicted molar refractivity (Wildman–Crippen MR) is 92.9 cm³/mol. The van der Waals surface area contributed by atoms with Crippen LogP contribution in [0.25, 0.3) is 16.7 Å². The minimum Gasteiger partial charge on any atom is -0.214 e. The van der Waals surface area contributed by atoms with Gasteiger partial charge < -0.3 is 0 Å². The van der Waals surface area contributed by atoms with Gasteiger partial charge in [-0.1, -0.05) is 44.9 Å². The van der Waals surface area contributed by atoms with E-state index < -0.39 is 0 Å². The molecule has 3 rings (SSSR count). The molecule has 3 aromatic rings. The quantitative estimate of drug-likeness (QED) is 0.465. The monoisotopic (exact) mass is 259 g/mol. The topological polar surface area (TPSA) is 30.7 Å². The van der Waals surface area contributed by atoms with Crippen molar-refractivity contribution in [2.45, 2.75) is 13.8 Å². The lowest BCUT2D eigenvalue weighted by Gasteiger charge is -2.19. The number of hydrogen-bond acceptors (Lipinski definition) is 2. The molecule has 0 aliphatic rings. The SMILES string of the molecule is Bc1c(B)c(-n2nnc3ccccc32)c(B)c(C)c1C. The van der Waals surface area contributed by atoms with Crippen molar-refractivity contribution in [3.63, 3.8) is 0 Å². The summed E-state index contributed by atoms with van der Waals surface area (Å²) < 4.78 is 1.97. The van der Waals surface area contributed by atoms with Gasteiger partial charge in [0.25, 0.3) is 0 Å². The standard InChI is InChI=1S/C14H16B3N3/c1-7-8(2)12(16)14(13(17)11(7)15)20-10-6-4-3-5-9(10)18-19-20/h3-6H,15-17H2,1-2H3. The van der Waals surface area contributed by atoms with Crippen LogP contribution in [0.3, 0.4) is 0 Å². The summed E-state index contributed by atoms with van der Waals surface area (Å²) >= 11 is 0. The molecule has 0 atom stereocenters. The molecule has 0 radical (unpaired) electrons. The lowest BCUT2D eigenvalue weighted by Crippen LogP contribution is -2.39. The summed E-state index contributed by atoms with van der Waals surface area (Å²) in [7, 11) is 6.51. The third-order valence-corrected chi connectivity index (χ3v) is 4.52. The molecule has 0 N–H and O–H groups in total. The molecule has 1 heterocycles. The zero-order valence-corrected chi connectivity index (χ0v) is 12.7. The molecule has 0 unspecified atom stereocenters. The van der Waals surface area contributed by atoms with Crippen LogP contribution in [0.4, 0.5) is 0 Å². The first kappa shape index (κ1) is 13.0. The summed E-state index contributed by atoms with van der Waals surface area (Å²) in [6.45, 7) is 4.37. The van der Waals surface area contributed by atoms with Crippen LogP contribution in [0.1, 0.15) is 11.1 Å². The minimum absolute atomic E-state index is 0.933. The smallest absolute Gasteiger partial charge is 0.142 e. The maximum absolute atomic E-state index is 4.37. The Labute approximate surface area is 121 Å². The van der Waals surface area contributed by atoms with E-state index in [1.165, 1.54) is 33.2 Å². The van der Waals surface area contributed by atoms with Crippen molar-refractivity contribution in [3.8, 4) is 5.69 Å². The average molecular weight is 259 g/mol. The zero-order valence-electron chi connectivity index (χ0n) is 12.7. The average Bonchev–Trinajstić information content (AvgIpc) is 2.87. The van der Waals surface area contributed by atoms with Crippen molar-refractivity contribution in [2.24, 2.45) is 0 Å². The van der Waals surface area contributed by atoms with Gasteiger partial charge in [-0.2, -0.15) is 0 Å². The summed E-state index contributed by atoms with van der Waals surface area (Å²) in [5.74, 6) is 0. The fourth-order valence-electron chi connectivity index (χ4n) is 2.83. The Morgan fingerprint density at radius 1 is 0.900 bits per heavy atom. The summed E-state index contributed by atoms with van der Waals surface area (Å²) in [6, 6.07) is 8.09. The predicted octanol–water partition coefficient (Wildman–Crippen LogP) is -2.19. The van der Waals surface area contributed by atoms with Gasteiger partial charge in [0, 0.05) is 0 Å². The molecule has 2 aromatic carbocycles. The molecular formula is C14H16B3N3. The third-order valence-electron chi connectivity index (χ3n) is 4.52. The second-order valence-electron chi connectivity index (χ2n) is 5.46. The maximum Gasteiger partial charge on any atom is 0.142 e. The van der Waals surface area contributed by atoms with Crippen molar-refractivity contribution < 1.29 is 0 Å². The maximum atomic E-state index is 4.37. The van der Waals surface area contributed by atoms with Gasteiger partial charge in [0.05, 0.1) is 11.2 Å². The Kier molecular flexibility index (Phi) is 2.96. The molecule has 0 amide bonds. The second-order valence-corrected chi connectivity index (χ2v) is 5.46. The Balaban J connectivity index is 2.41. The molecule has 3 nitrogen and oxygen atoms in total. The van der Waals surface area contributed by atoms with E-state index in [0.29, 0.717) is 0 Å². The summed E-state index contributed by atoms with van der Waals surface area (Å²) in [6.07, 6.45) is 0. The first-order valence-corrected chi connectivity index (χ1v) is 6.90. The van der Waals surface area contributed by atoms with E-state index in [4.69, 9.17) is 0 Å². The van der Waals surface area contributed by atoms with E-state index >= 15 is 0 Å². The van der Waals surface area contributed by atoms with E-state index in [0.717, 1.165) is 11.0 Å². The highest BCUT2D eigenvalue weighted by atomic mass is 15.4. The van der Waals surface area contributed by atoms with E-state index in [-0.39, 0.29) is 0 Å². The van der Waals surface area contributed by atoms with Gasteiger partial charge in [0.1, 0.15) is 29.1 Å². The van der Waals surface area contributed by atoms with Crippen molar-refractivity contribution >= 4 is 51.0 Å². The highest BCUT2D eigenvalue weighted by molar-refractivity contribution is 6.53. The summed E-state index contributed by atoms with van der Waals surface area (Å²) in [4.78, 5) is 0. The van der Waals surface area contributed by atoms with E-state index in [1.807, 2.05) is 22.9 Å². The van der Waals surface area contributed by atoms with Crippen LogP contribution in [0.5, 0.6) is 0 Å². The molecule has 96 valence electrons. The second kappa shape index (κ2) is 4.55. The number of nitrogens with zero attached hydrogens (tertiary/aromatic N) is 3. The molecule has 0 saturated heterocycles. The Hall–Kier alpha value is -1.97. The van der Waals surface area contributed by atoms with E-state index in [1.54, 1.807) is 0 Å². The van der Waals surface area contributed by atoms with Crippen molar-refractivity contribution in [1.82, 2.24) is 15.0 Å².